The summed E-state index contributed by atoms with van der Waals surface area (Å²) >= 11 is 0. The third kappa shape index (κ3) is 3.28. The van der Waals surface area contributed by atoms with Crippen molar-refractivity contribution in [1.29, 1.82) is 0 Å². The predicted molar refractivity (Wildman–Crippen MR) is 98.7 cm³/mol. The van der Waals surface area contributed by atoms with Crippen molar-refractivity contribution in [1.82, 2.24) is 14.9 Å². The number of aromatic nitrogens is 2. The van der Waals surface area contributed by atoms with Crippen LogP contribution >= 0.6 is 0 Å². The third-order valence-corrected chi connectivity index (χ3v) is 4.72. The first-order chi connectivity index (χ1) is 12.6. The number of hydrogen-bond donors (Lipinski definition) is 2. The number of carbonyl (C=O) groups is 1. The maximum Gasteiger partial charge on any atom is 0.221 e. The lowest BCUT2D eigenvalue weighted by atomic mass is 9.99. The Morgan fingerprint density at radius 2 is 2.12 bits per heavy atom. The molecule has 3 aromatic rings. The molecule has 3 heterocycles. The number of fused-ring (bicyclic) bond motifs is 1. The van der Waals surface area contributed by atoms with Crippen LogP contribution in [0.1, 0.15) is 41.4 Å². The average Bonchev–Trinajstić information content (AvgIpc) is 3.25. The summed E-state index contributed by atoms with van der Waals surface area (Å²) in [5, 5.41) is 2.80. The van der Waals surface area contributed by atoms with Crippen molar-refractivity contribution < 1.29 is 9.21 Å². The van der Waals surface area contributed by atoms with Crippen LogP contribution in [0.3, 0.4) is 0 Å². The molecule has 6 heteroatoms. The topological polar surface area (TPSA) is 74.2 Å². The summed E-state index contributed by atoms with van der Waals surface area (Å²) in [7, 11) is 0. The van der Waals surface area contributed by atoms with Gasteiger partial charge in [-0.05, 0) is 36.8 Å². The molecule has 1 aliphatic rings. The van der Waals surface area contributed by atoms with Crippen LogP contribution in [-0.2, 0) is 17.8 Å². The summed E-state index contributed by atoms with van der Waals surface area (Å²) in [5.74, 6) is 1.76. The van der Waals surface area contributed by atoms with Gasteiger partial charge < -0.3 is 14.7 Å². The van der Waals surface area contributed by atoms with E-state index in [1.807, 2.05) is 31.2 Å². The number of anilines is 1. The van der Waals surface area contributed by atoms with E-state index >= 15 is 0 Å². The normalized spacial score (nSPS) is 17.1. The summed E-state index contributed by atoms with van der Waals surface area (Å²) in [5.41, 5.74) is 4.22. The Morgan fingerprint density at radius 3 is 2.81 bits per heavy atom. The van der Waals surface area contributed by atoms with E-state index in [1.165, 1.54) is 18.2 Å². The second-order valence-electron chi connectivity index (χ2n) is 6.72. The Morgan fingerprint density at radius 1 is 1.31 bits per heavy atom. The first kappa shape index (κ1) is 16.6. The number of carbonyl (C=O) groups excluding carboxylic acids is 1. The molecule has 0 unspecified atom stereocenters. The monoisotopic (exact) mass is 350 g/mol. The number of imidazole rings is 1. The van der Waals surface area contributed by atoms with E-state index in [-0.39, 0.29) is 11.9 Å². The molecular formula is C20H22N4O2. The highest BCUT2D eigenvalue weighted by Crippen LogP contribution is 2.35. The van der Waals surface area contributed by atoms with Crippen molar-refractivity contribution in [2.24, 2.45) is 0 Å². The SMILES string of the molecule is CC(=O)Nc1ccc(CN2CCc3[nH]cnc3[C@@H]2c2ccc(C)o2)cc1. The molecule has 0 aliphatic carbocycles. The van der Waals surface area contributed by atoms with Crippen molar-refractivity contribution in [3.63, 3.8) is 0 Å². The molecule has 1 amide bonds. The van der Waals surface area contributed by atoms with Gasteiger partial charge in [0, 0.05) is 37.8 Å². The quantitative estimate of drug-likeness (QED) is 0.756. The van der Waals surface area contributed by atoms with E-state index in [1.54, 1.807) is 6.33 Å². The second-order valence-corrected chi connectivity index (χ2v) is 6.72. The van der Waals surface area contributed by atoms with Crippen LogP contribution in [0.15, 0.2) is 47.1 Å². The van der Waals surface area contributed by atoms with Gasteiger partial charge in [0.15, 0.2) is 0 Å². The van der Waals surface area contributed by atoms with E-state index in [0.29, 0.717) is 0 Å². The largest absolute Gasteiger partial charge is 0.464 e. The number of nitrogens with zero attached hydrogens (tertiary/aromatic N) is 2. The lowest BCUT2D eigenvalue weighted by Gasteiger charge is -2.33. The molecule has 1 aromatic carbocycles. The van der Waals surface area contributed by atoms with Crippen LogP contribution in [0.2, 0.25) is 0 Å². The molecule has 2 N–H and O–H groups in total. The van der Waals surface area contributed by atoms with Crippen LogP contribution in [0.5, 0.6) is 0 Å². The first-order valence-corrected chi connectivity index (χ1v) is 8.79. The molecule has 26 heavy (non-hydrogen) atoms. The standard InChI is InChI=1S/C20H22N4O2/c1-13-3-8-18(26-13)20-19-17(21-12-22-19)9-10-24(20)11-15-4-6-16(7-5-15)23-14(2)25/h3-8,12,20H,9-11H2,1-2H3,(H,21,22)(H,23,25)/t20-/m0/s1. The average molecular weight is 350 g/mol. The molecule has 6 nitrogen and oxygen atoms in total. The Hall–Kier alpha value is -2.86. The highest BCUT2D eigenvalue weighted by molar-refractivity contribution is 5.88. The zero-order valence-electron chi connectivity index (χ0n) is 15.0. The van der Waals surface area contributed by atoms with Gasteiger partial charge in [0.05, 0.1) is 12.0 Å². The zero-order chi connectivity index (χ0) is 18.1. The van der Waals surface area contributed by atoms with E-state index < -0.39 is 0 Å². The van der Waals surface area contributed by atoms with E-state index in [2.05, 4.69) is 32.3 Å². The first-order valence-electron chi connectivity index (χ1n) is 8.79. The van der Waals surface area contributed by atoms with Crippen molar-refractivity contribution in [2.75, 3.05) is 11.9 Å². The minimum Gasteiger partial charge on any atom is -0.464 e. The lowest BCUT2D eigenvalue weighted by Crippen LogP contribution is -2.35. The third-order valence-electron chi connectivity index (χ3n) is 4.72. The van der Waals surface area contributed by atoms with Gasteiger partial charge in [-0.1, -0.05) is 12.1 Å². The Balaban J connectivity index is 1.59. The fraction of sp³-hybridized carbons (Fsp3) is 0.300. The summed E-state index contributed by atoms with van der Waals surface area (Å²) in [6, 6.07) is 12.0. The number of aromatic amines is 1. The summed E-state index contributed by atoms with van der Waals surface area (Å²) in [4.78, 5) is 21.4. The smallest absolute Gasteiger partial charge is 0.221 e. The Bertz CT molecular complexity index is 910. The zero-order valence-corrected chi connectivity index (χ0v) is 15.0. The summed E-state index contributed by atoms with van der Waals surface area (Å²) in [6.45, 7) is 5.19. The molecule has 0 bridgehead atoms. The van der Waals surface area contributed by atoms with Gasteiger partial charge >= 0.3 is 0 Å². The summed E-state index contributed by atoms with van der Waals surface area (Å²) < 4.78 is 5.94. The number of H-pyrrole nitrogens is 1. The molecule has 134 valence electrons. The molecule has 0 radical (unpaired) electrons. The Labute approximate surface area is 152 Å². The number of nitrogens with one attached hydrogen (secondary N) is 2. The molecule has 2 aromatic heterocycles. The van der Waals surface area contributed by atoms with Crippen molar-refractivity contribution in [3.8, 4) is 0 Å². The second kappa shape index (κ2) is 6.80. The Kier molecular flexibility index (Phi) is 4.34. The van der Waals surface area contributed by atoms with Crippen molar-refractivity contribution >= 4 is 11.6 Å². The van der Waals surface area contributed by atoms with Gasteiger partial charge in [0.25, 0.3) is 0 Å². The van der Waals surface area contributed by atoms with Crippen molar-refractivity contribution in [2.45, 2.75) is 32.9 Å². The van der Waals surface area contributed by atoms with Crippen LogP contribution < -0.4 is 5.32 Å². The molecule has 0 saturated carbocycles. The van der Waals surface area contributed by atoms with Gasteiger partial charge in [-0.3, -0.25) is 9.69 Å². The molecule has 0 spiro atoms. The van der Waals surface area contributed by atoms with Gasteiger partial charge in [-0.15, -0.1) is 0 Å². The van der Waals surface area contributed by atoms with Gasteiger partial charge in [0.1, 0.15) is 17.6 Å². The van der Waals surface area contributed by atoms with Crippen LogP contribution in [0, 0.1) is 6.92 Å². The van der Waals surface area contributed by atoms with Crippen molar-refractivity contribution in [3.05, 3.63) is 71.2 Å². The van der Waals surface area contributed by atoms with E-state index in [9.17, 15) is 4.79 Å². The molecule has 0 saturated heterocycles. The molecule has 1 aliphatic heterocycles. The van der Waals surface area contributed by atoms with Gasteiger partial charge in [-0.2, -0.15) is 0 Å². The van der Waals surface area contributed by atoms with Gasteiger partial charge in [-0.25, -0.2) is 4.98 Å². The highest BCUT2D eigenvalue weighted by Gasteiger charge is 2.33. The minimum absolute atomic E-state index is 0.00808. The maximum absolute atomic E-state index is 11.2. The molecule has 1 atom stereocenters. The van der Waals surface area contributed by atoms with Crippen LogP contribution in [0.4, 0.5) is 5.69 Å². The molecule has 0 fully saturated rings. The van der Waals surface area contributed by atoms with Gasteiger partial charge in [0.2, 0.25) is 5.91 Å². The van der Waals surface area contributed by atoms with Crippen LogP contribution in [0.25, 0.3) is 0 Å². The summed E-state index contributed by atoms with van der Waals surface area (Å²) in [6.07, 6.45) is 2.70. The minimum atomic E-state index is -0.0619. The molecular weight excluding hydrogens is 328 g/mol. The molecule has 4 rings (SSSR count). The number of benzene rings is 1. The van der Waals surface area contributed by atoms with E-state index in [0.717, 1.165) is 42.4 Å². The number of hydrogen-bond acceptors (Lipinski definition) is 4. The maximum atomic E-state index is 11.2. The number of amides is 1. The fourth-order valence-corrected chi connectivity index (χ4v) is 3.54. The number of furan rings is 1. The van der Waals surface area contributed by atoms with E-state index in [4.69, 9.17) is 4.42 Å². The number of aryl methyl sites for hydroxylation is 1. The number of rotatable bonds is 4. The van der Waals surface area contributed by atoms with Crippen LogP contribution in [-0.4, -0.2) is 27.3 Å². The lowest BCUT2D eigenvalue weighted by molar-refractivity contribution is -0.114. The predicted octanol–water partition coefficient (Wildman–Crippen LogP) is 3.42. The fourth-order valence-electron chi connectivity index (χ4n) is 3.54. The highest BCUT2D eigenvalue weighted by atomic mass is 16.3.